The lowest BCUT2D eigenvalue weighted by atomic mass is 10.2. The van der Waals surface area contributed by atoms with Gasteiger partial charge in [0.25, 0.3) is 0 Å². The SMILES string of the molecule is COc1ccc(N=Cc2cc(C)n(-c3ccc(Cl)cc3)c2C)cc1Cl. The molecule has 0 N–H and O–H groups in total. The van der Waals surface area contributed by atoms with Gasteiger partial charge in [-0.05, 0) is 62.4 Å². The van der Waals surface area contributed by atoms with Crippen molar-refractivity contribution in [3.8, 4) is 11.4 Å². The van der Waals surface area contributed by atoms with Crippen molar-refractivity contribution in [3.63, 3.8) is 0 Å². The fraction of sp³-hybridized carbons (Fsp3) is 0.150. The van der Waals surface area contributed by atoms with Crippen LogP contribution in [0.3, 0.4) is 0 Å². The minimum Gasteiger partial charge on any atom is -0.495 e. The van der Waals surface area contributed by atoms with Crippen LogP contribution in [0.5, 0.6) is 5.75 Å². The molecule has 128 valence electrons. The van der Waals surface area contributed by atoms with E-state index in [1.54, 1.807) is 13.2 Å². The molecule has 3 aromatic rings. The number of aromatic nitrogens is 1. The number of halogens is 2. The van der Waals surface area contributed by atoms with E-state index in [4.69, 9.17) is 27.9 Å². The molecule has 0 fully saturated rings. The van der Waals surface area contributed by atoms with Gasteiger partial charge in [-0.3, -0.25) is 4.99 Å². The Hall–Kier alpha value is -2.23. The number of rotatable bonds is 4. The zero-order valence-electron chi connectivity index (χ0n) is 14.3. The first-order chi connectivity index (χ1) is 12.0. The summed E-state index contributed by atoms with van der Waals surface area (Å²) in [6.45, 7) is 4.15. The van der Waals surface area contributed by atoms with Crippen molar-refractivity contribution in [2.24, 2.45) is 4.99 Å². The van der Waals surface area contributed by atoms with E-state index in [-0.39, 0.29) is 0 Å². The predicted molar refractivity (Wildman–Crippen MR) is 106 cm³/mol. The Morgan fingerprint density at radius 3 is 2.36 bits per heavy atom. The highest BCUT2D eigenvalue weighted by Crippen LogP contribution is 2.29. The van der Waals surface area contributed by atoms with E-state index < -0.39 is 0 Å². The van der Waals surface area contributed by atoms with Gasteiger partial charge in [0.1, 0.15) is 5.75 Å². The minimum atomic E-state index is 0.545. The minimum absolute atomic E-state index is 0.545. The maximum atomic E-state index is 6.15. The Bertz CT molecular complexity index is 928. The van der Waals surface area contributed by atoms with Crippen molar-refractivity contribution in [1.29, 1.82) is 0 Å². The zero-order chi connectivity index (χ0) is 18.0. The molecule has 0 saturated heterocycles. The van der Waals surface area contributed by atoms with Gasteiger partial charge < -0.3 is 9.30 Å². The number of benzene rings is 2. The van der Waals surface area contributed by atoms with Gasteiger partial charge in [-0.15, -0.1) is 0 Å². The lowest BCUT2D eigenvalue weighted by molar-refractivity contribution is 0.415. The summed E-state index contributed by atoms with van der Waals surface area (Å²) in [6, 6.07) is 15.4. The first kappa shape index (κ1) is 17.6. The van der Waals surface area contributed by atoms with E-state index in [1.807, 2.05) is 42.6 Å². The van der Waals surface area contributed by atoms with E-state index in [0.29, 0.717) is 10.8 Å². The summed E-state index contributed by atoms with van der Waals surface area (Å²) in [6.07, 6.45) is 1.85. The maximum Gasteiger partial charge on any atom is 0.137 e. The van der Waals surface area contributed by atoms with Gasteiger partial charge in [-0.1, -0.05) is 23.2 Å². The second-order valence-corrected chi connectivity index (χ2v) is 6.56. The zero-order valence-corrected chi connectivity index (χ0v) is 15.8. The molecule has 0 spiro atoms. The molecule has 0 radical (unpaired) electrons. The Balaban J connectivity index is 1.92. The van der Waals surface area contributed by atoms with Crippen LogP contribution >= 0.6 is 23.2 Å². The fourth-order valence-electron chi connectivity index (χ4n) is 2.79. The Labute approximate surface area is 157 Å². The topological polar surface area (TPSA) is 26.5 Å². The van der Waals surface area contributed by atoms with Crippen molar-refractivity contribution < 1.29 is 4.74 Å². The van der Waals surface area contributed by atoms with Gasteiger partial charge in [0, 0.05) is 33.9 Å². The van der Waals surface area contributed by atoms with Gasteiger partial charge in [0.15, 0.2) is 0 Å². The van der Waals surface area contributed by atoms with Crippen LogP contribution in [0.1, 0.15) is 17.0 Å². The van der Waals surface area contributed by atoms with E-state index in [2.05, 4.69) is 29.5 Å². The van der Waals surface area contributed by atoms with Crippen molar-refractivity contribution >= 4 is 35.1 Å². The summed E-state index contributed by atoms with van der Waals surface area (Å²) < 4.78 is 7.34. The summed E-state index contributed by atoms with van der Waals surface area (Å²) in [5, 5.41) is 1.27. The van der Waals surface area contributed by atoms with E-state index in [1.165, 1.54) is 0 Å². The molecule has 0 aliphatic heterocycles. The van der Waals surface area contributed by atoms with Gasteiger partial charge in [0.2, 0.25) is 0 Å². The summed E-state index contributed by atoms with van der Waals surface area (Å²) in [7, 11) is 1.59. The summed E-state index contributed by atoms with van der Waals surface area (Å²) in [4.78, 5) is 4.54. The Kier molecular flexibility index (Phi) is 5.16. The third-order valence-electron chi connectivity index (χ3n) is 4.04. The van der Waals surface area contributed by atoms with Crippen molar-refractivity contribution in [1.82, 2.24) is 4.57 Å². The van der Waals surface area contributed by atoms with E-state index in [9.17, 15) is 0 Å². The summed E-state index contributed by atoms with van der Waals surface area (Å²) >= 11 is 12.1. The van der Waals surface area contributed by atoms with E-state index in [0.717, 1.165) is 33.3 Å². The molecule has 1 heterocycles. The number of ether oxygens (including phenoxy) is 1. The van der Waals surface area contributed by atoms with Crippen LogP contribution in [0, 0.1) is 13.8 Å². The van der Waals surface area contributed by atoms with Crippen molar-refractivity contribution in [2.45, 2.75) is 13.8 Å². The monoisotopic (exact) mass is 372 g/mol. The highest BCUT2D eigenvalue weighted by atomic mass is 35.5. The molecule has 5 heteroatoms. The molecule has 25 heavy (non-hydrogen) atoms. The number of aryl methyl sites for hydroxylation is 1. The standard InChI is InChI=1S/C20H18Cl2N2O/c1-13-10-15(12-23-17-6-9-20(25-3)19(22)11-17)14(2)24(13)18-7-4-16(21)5-8-18/h4-12H,1-3H3. The first-order valence-corrected chi connectivity index (χ1v) is 8.57. The largest absolute Gasteiger partial charge is 0.495 e. The van der Waals surface area contributed by atoms with E-state index >= 15 is 0 Å². The van der Waals surface area contributed by atoms with Gasteiger partial charge in [0.05, 0.1) is 17.8 Å². The molecule has 0 aliphatic carbocycles. The predicted octanol–water partition coefficient (Wildman–Crippen LogP) is 6.16. The molecule has 0 atom stereocenters. The first-order valence-electron chi connectivity index (χ1n) is 7.82. The van der Waals surface area contributed by atoms with Crippen LogP contribution in [0.4, 0.5) is 5.69 Å². The highest BCUT2D eigenvalue weighted by molar-refractivity contribution is 6.32. The quantitative estimate of drug-likeness (QED) is 0.503. The molecular formula is C20H18Cl2N2O. The third-order valence-corrected chi connectivity index (χ3v) is 4.59. The third kappa shape index (κ3) is 3.73. The molecule has 2 aromatic carbocycles. The normalized spacial score (nSPS) is 11.2. The van der Waals surface area contributed by atoms with Crippen LogP contribution in [0.15, 0.2) is 53.5 Å². The highest BCUT2D eigenvalue weighted by Gasteiger charge is 2.09. The van der Waals surface area contributed by atoms with Crippen LogP contribution < -0.4 is 4.74 Å². The van der Waals surface area contributed by atoms with Crippen LogP contribution in [-0.4, -0.2) is 17.9 Å². The molecule has 0 unspecified atom stereocenters. The van der Waals surface area contributed by atoms with Crippen molar-refractivity contribution in [2.75, 3.05) is 7.11 Å². The number of hydrogen-bond acceptors (Lipinski definition) is 2. The average Bonchev–Trinajstić information content (AvgIpc) is 2.88. The van der Waals surface area contributed by atoms with Gasteiger partial charge in [-0.2, -0.15) is 0 Å². The lowest BCUT2D eigenvalue weighted by Crippen LogP contribution is -1.99. The fourth-order valence-corrected chi connectivity index (χ4v) is 3.16. The van der Waals surface area contributed by atoms with Gasteiger partial charge >= 0.3 is 0 Å². The molecule has 0 bridgehead atoms. The Morgan fingerprint density at radius 2 is 1.72 bits per heavy atom. The van der Waals surface area contributed by atoms with Crippen molar-refractivity contribution in [3.05, 3.63) is 75.5 Å². The van der Waals surface area contributed by atoms with Crippen LogP contribution in [-0.2, 0) is 0 Å². The van der Waals surface area contributed by atoms with Gasteiger partial charge in [-0.25, -0.2) is 0 Å². The summed E-state index contributed by atoms with van der Waals surface area (Å²) in [5.74, 6) is 0.640. The Morgan fingerprint density at radius 1 is 1.00 bits per heavy atom. The van der Waals surface area contributed by atoms with Crippen LogP contribution in [0.25, 0.3) is 5.69 Å². The molecule has 1 aromatic heterocycles. The molecule has 3 rings (SSSR count). The smallest absolute Gasteiger partial charge is 0.137 e. The number of hydrogen-bond donors (Lipinski definition) is 0. The maximum absolute atomic E-state index is 6.15. The number of nitrogens with zero attached hydrogens (tertiary/aromatic N) is 2. The summed E-state index contributed by atoms with van der Waals surface area (Å²) in [5.41, 5.74) is 5.16. The molecule has 0 saturated carbocycles. The molecule has 0 amide bonds. The second-order valence-electron chi connectivity index (χ2n) is 5.72. The lowest BCUT2D eigenvalue weighted by Gasteiger charge is -2.09. The number of methoxy groups -OCH3 is 1. The molecule has 3 nitrogen and oxygen atoms in total. The molecule has 0 aliphatic rings. The second kappa shape index (κ2) is 7.34. The molecular weight excluding hydrogens is 355 g/mol. The average molecular weight is 373 g/mol. The van der Waals surface area contributed by atoms with Crippen LogP contribution in [0.2, 0.25) is 10.0 Å². The number of aliphatic imine (C=N–C) groups is 1.